The van der Waals surface area contributed by atoms with Crippen LogP contribution >= 0.6 is 0 Å². The normalized spacial score (nSPS) is 12.3. The summed E-state index contributed by atoms with van der Waals surface area (Å²) in [6.07, 6.45) is -1.38. The van der Waals surface area contributed by atoms with Gasteiger partial charge in [0.2, 0.25) is 12.0 Å². The van der Waals surface area contributed by atoms with Gasteiger partial charge in [-0.3, -0.25) is 25.2 Å². The quantitative estimate of drug-likeness (QED) is 0.527. The average molecular weight is 307 g/mol. The van der Waals surface area contributed by atoms with Gasteiger partial charge in [-0.2, -0.15) is 0 Å². The van der Waals surface area contributed by atoms with Crippen LogP contribution in [0.2, 0.25) is 0 Å². The van der Waals surface area contributed by atoms with E-state index in [2.05, 4.69) is 10.9 Å². The molecule has 7 heteroatoms. The van der Waals surface area contributed by atoms with Crippen molar-refractivity contribution in [1.82, 2.24) is 10.9 Å². The lowest BCUT2D eigenvalue weighted by Gasteiger charge is -2.24. The fourth-order valence-electron chi connectivity index (χ4n) is 1.62. The van der Waals surface area contributed by atoms with Crippen molar-refractivity contribution in [3.63, 3.8) is 0 Å². The first-order valence-corrected chi connectivity index (χ1v) is 6.79. The Bertz CT molecular complexity index is 537. The van der Waals surface area contributed by atoms with Crippen LogP contribution in [0.3, 0.4) is 0 Å². The van der Waals surface area contributed by atoms with Crippen LogP contribution < -0.4 is 16.6 Å². The summed E-state index contributed by atoms with van der Waals surface area (Å²) in [5, 5.41) is 0. The summed E-state index contributed by atoms with van der Waals surface area (Å²) in [6, 6.07) is 9.03. The summed E-state index contributed by atoms with van der Waals surface area (Å²) < 4.78 is 5.27. The fraction of sp³-hybridized carbons (Fsp3) is 0.400. The molecule has 1 atom stereocenters. The molecule has 0 heterocycles. The second kappa shape index (κ2) is 7.56. The predicted molar refractivity (Wildman–Crippen MR) is 80.3 cm³/mol. The van der Waals surface area contributed by atoms with E-state index in [-0.39, 0.29) is 6.42 Å². The zero-order valence-corrected chi connectivity index (χ0v) is 12.9. The Morgan fingerprint density at radius 2 is 1.73 bits per heavy atom. The highest BCUT2D eigenvalue weighted by atomic mass is 16.5. The SMILES string of the molecule is CC(C)(C)O[C@@H](C(N)=O)C(=O)NNC(=O)Cc1ccccc1. The second-order valence-corrected chi connectivity index (χ2v) is 5.71. The number of nitrogens with one attached hydrogen (secondary N) is 2. The van der Waals surface area contributed by atoms with Crippen molar-refractivity contribution in [3.8, 4) is 0 Å². The molecule has 1 aromatic rings. The van der Waals surface area contributed by atoms with Crippen LogP contribution in [0.1, 0.15) is 26.3 Å². The van der Waals surface area contributed by atoms with Gasteiger partial charge in [0.15, 0.2) is 0 Å². The highest BCUT2D eigenvalue weighted by molar-refractivity contribution is 6.03. The van der Waals surface area contributed by atoms with Crippen LogP contribution in [-0.4, -0.2) is 29.4 Å². The molecule has 22 heavy (non-hydrogen) atoms. The minimum Gasteiger partial charge on any atom is -0.367 e. The van der Waals surface area contributed by atoms with E-state index in [1.165, 1.54) is 0 Å². The van der Waals surface area contributed by atoms with E-state index in [1.807, 2.05) is 18.2 Å². The minimum absolute atomic E-state index is 0.0997. The van der Waals surface area contributed by atoms with Gasteiger partial charge in [-0.1, -0.05) is 30.3 Å². The molecule has 1 rings (SSSR count). The Labute approximate surface area is 129 Å². The lowest BCUT2D eigenvalue weighted by Crippen LogP contribution is -2.53. The van der Waals surface area contributed by atoms with Crippen molar-refractivity contribution in [3.05, 3.63) is 35.9 Å². The van der Waals surface area contributed by atoms with Crippen molar-refractivity contribution in [1.29, 1.82) is 0 Å². The number of amides is 3. The van der Waals surface area contributed by atoms with Gasteiger partial charge in [0.05, 0.1) is 12.0 Å². The van der Waals surface area contributed by atoms with E-state index in [0.29, 0.717) is 0 Å². The van der Waals surface area contributed by atoms with Crippen LogP contribution in [0.5, 0.6) is 0 Å². The number of hydrogen-bond donors (Lipinski definition) is 3. The Morgan fingerprint density at radius 1 is 1.14 bits per heavy atom. The molecule has 0 radical (unpaired) electrons. The van der Waals surface area contributed by atoms with E-state index in [4.69, 9.17) is 10.5 Å². The lowest BCUT2D eigenvalue weighted by atomic mass is 10.1. The topological polar surface area (TPSA) is 111 Å². The smallest absolute Gasteiger partial charge is 0.277 e. The molecule has 120 valence electrons. The highest BCUT2D eigenvalue weighted by Crippen LogP contribution is 2.10. The van der Waals surface area contributed by atoms with Gasteiger partial charge in [0.1, 0.15) is 0 Å². The van der Waals surface area contributed by atoms with Gasteiger partial charge in [0.25, 0.3) is 11.8 Å². The van der Waals surface area contributed by atoms with Crippen molar-refractivity contribution in [2.24, 2.45) is 5.73 Å². The molecule has 0 fully saturated rings. The van der Waals surface area contributed by atoms with E-state index in [9.17, 15) is 14.4 Å². The maximum absolute atomic E-state index is 11.9. The average Bonchev–Trinajstić information content (AvgIpc) is 2.42. The van der Waals surface area contributed by atoms with Crippen molar-refractivity contribution in [2.75, 3.05) is 0 Å². The molecule has 0 aromatic heterocycles. The standard InChI is InChI=1S/C15H21N3O4/c1-15(2,3)22-12(13(16)20)14(21)18-17-11(19)9-10-7-5-4-6-8-10/h4-8,12H,9H2,1-3H3,(H2,16,20)(H,17,19)(H,18,21)/t12-/m0/s1. The van der Waals surface area contributed by atoms with Crippen molar-refractivity contribution >= 4 is 17.7 Å². The maximum atomic E-state index is 11.9. The molecule has 7 nitrogen and oxygen atoms in total. The third-order valence-corrected chi connectivity index (χ3v) is 2.50. The first-order valence-electron chi connectivity index (χ1n) is 6.79. The number of benzene rings is 1. The summed E-state index contributed by atoms with van der Waals surface area (Å²) in [5.74, 6) is -2.16. The zero-order chi connectivity index (χ0) is 16.8. The molecule has 0 aliphatic carbocycles. The van der Waals surface area contributed by atoms with Crippen LogP contribution in [0.25, 0.3) is 0 Å². The molecule has 0 saturated carbocycles. The van der Waals surface area contributed by atoms with E-state index in [1.54, 1.807) is 32.9 Å². The Hall–Kier alpha value is -2.41. The molecule has 0 aliphatic rings. The van der Waals surface area contributed by atoms with Crippen LogP contribution in [0, 0.1) is 0 Å². The number of carbonyl (C=O) groups excluding carboxylic acids is 3. The molecular weight excluding hydrogens is 286 g/mol. The first-order chi connectivity index (χ1) is 10.2. The van der Waals surface area contributed by atoms with E-state index in [0.717, 1.165) is 5.56 Å². The van der Waals surface area contributed by atoms with Crippen LogP contribution in [-0.2, 0) is 25.5 Å². The third kappa shape index (κ3) is 6.36. The lowest BCUT2D eigenvalue weighted by molar-refractivity contribution is -0.155. The number of hydrogen-bond acceptors (Lipinski definition) is 4. The predicted octanol–water partition coefficient (Wildman–Crippen LogP) is 0.0455. The van der Waals surface area contributed by atoms with Gasteiger partial charge in [0, 0.05) is 0 Å². The Morgan fingerprint density at radius 3 is 2.23 bits per heavy atom. The molecule has 4 N–H and O–H groups in total. The van der Waals surface area contributed by atoms with Gasteiger partial charge in [-0.05, 0) is 26.3 Å². The van der Waals surface area contributed by atoms with Gasteiger partial charge < -0.3 is 10.5 Å². The summed E-state index contributed by atoms with van der Waals surface area (Å²) in [7, 11) is 0. The number of ether oxygens (including phenoxy) is 1. The largest absolute Gasteiger partial charge is 0.367 e. The Kier molecular flexibility index (Phi) is 6.06. The second-order valence-electron chi connectivity index (χ2n) is 5.71. The van der Waals surface area contributed by atoms with Gasteiger partial charge in [-0.25, -0.2) is 0 Å². The number of carbonyl (C=O) groups is 3. The molecule has 3 amide bonds. The molecule has 0 saturated heterocycles. The monoisotopic (exact) mass is 307 g/mol. The van der Waals surface area contributed by atoms with Crippen molar-refractivity contribution < 1.29 is 19.1 Å². The maximum Gasteiger partial charge on any atom is 0.277 e. The first kappa shape index (κ1) is 17.6. The third-order valence-electron chi connectivity index (χ3n) is 2.50. The molecule has 0 aliphatic heterocycles. The highest BCUT2D eigenvalue weighted by Gasteiger charge is 2.30. The Balaban J connectivity index is 2.52. The summed E-state index contributed by atoms with van der Waals surface area (Å²) >= 11 is 0. The fourth-order valence-corrected chi connectivity index (χ4v) is 1.62. The summed E-state index contributed by atoms with van der Waals surface area (Å²) in [4.78, 5) is 34.9. The molecular formula is C15H21N3O4. The van der Waals surface area contributed by atoms with Gasteiger partial charge in [-0.15, -0.1) is 0 Å². The molecule has 0 unspecified atom stereocenters. The molecule has 1 aromatic carbocycles. The van der Waals surface area contributed by atoms with Gasteiger partial charge >= 0.3 is 0 Å². The minimum atomic E-state index is -1.47. The summed E-state index contributed by atoms with van der Waals surface area (Å²) in [5.41, 5.74) is 9.57. The molecule has 0 bridgehead atoms. The molecule has 0 spiro atoms. The zero-order valence-electron chi connectivity index (χ0n) is 12.9. The van der Waals surface area contributed by atoms with Crippen LogP contribution in [0.15, 0.2) is 30.3 Å². The number of hydrazine groups is 1. The number of primary amides is 1. The van der Waals surface area contributed by atoms with E-state index < -0.39 is 29.4 Å². The summed E-state index contributed by atoms with van der Waals surface area (Å²) in [6.45, 7) is 5.05. The van der Waals surface area contributed by atoms with Crippen molar-refractivity contribution in [2.45, 2.75) is 38.9 Å². The van der Waals surface area contributed by atoms with E-state index >= 15 is 0 Å². The van der Waals surface area contributed by atoms with Crippen LogP contribution in [0.4, 0.5) is 0 Å². The number of rotatable bonds is 5. The number of nitrogens with two attached hydrogens (primary N) is 1.